The van der Waals surface area contributed by atoms with Gasteiger partial charge in [-0.05, 0) is 33.0 Å². The molecule has 1 aromatic rings. The minimum absolute atomic E-state index is 0.146. The van der Waals surface area contributed by atoms with Crippen molar-refractivity contribution in [2.24, 2.45) is 7.05 Å². The first-order valence-corrected chi connectivity index (χ1v) is 5.67. The summed E-state index contributed by atoms with van der Waals surface area (Å²) in [6.07, 6.45) is -1.52. The van der Waals surface area contributed by atoms with Crippen molar-refractivity contribution in [3.8, 4) is 0 Å². The molecule has 0 saturated carbocycles. The van der Waals surface area contributed by atoms with E-state index < -0.39 is 11.9 Å². The number of piperidine rings is 1. The van der Waals surface area contributed by atoms with Gasteiger partial charge >= 0.3 is 6.18 Å². The Hall–Kier alpha value is -1.04. The average Bonchev–Trinajstić information content (AvgIpc) is 2.61. The number of hydrogen-bond acceptors (Lipinski definition) is 2. The number of likely N-dealkylation sites (tertiary alicyclic amines) is 1. The molecule has 1 aromatic heterocycles. The van der Waals surface area contributed by atoms with Crippen molar-refractivity contribution in [2.45, 2.75) is 24.9 Å². The molecule has 1 fully saturated rings. The number of rotatable bonds is 1. The molecule has 0 spiro atoms. The predicted octanol–water partition coefficient (Wildman–Crippen LogP) is 2.25. The van der Waals surface area contributed by atoms with Crippen LogP contribution < -0.4 is 0 Å². The van der Waals surface area contributed by atoms with Gasteiger partial charge in [-0.2, -0.15) is 13.2 Å². The lowest BCUT2D eigenvalue weighted by atomic mass is 9.96. The summed E-state index contributed by atoms with van der Waals surface area (Å²) >= 11 is 0. The van der Waals surface area contributed by atoms with Gasteiger partial charge in [0.2, 0.25) is 0 Å². The molecule has 2 heterocycles. The minimum atomic E-state index is -4.35. The van der Waals surface area contributed by atoms with Crippen LogP contribution in [0.15, 0.2) is 6.20 Å². The number of halogens is 3. The summed E-state index contributed by atoms with van der Waals surface area (Å²) < 4.78 is 39.1. The van der Waals surface area contributed by atoms with Gasteiger partial charge in [-0.3, -0.25) is 0 Å². The molecule has 0 bridgehead atoms. The third-order valence-electron chi connectivity index (χ3n) is 3.29. The molecule has 96 valence electrons. The molecule has 17 heavy (non-hydrogen) atoms. The van der Waals surface area contributed by atoms with Crippen molar-refractivity contribution in [1.82, 2.24) is 14.5 Å². The third kappa shape index (κ3) is 2.62. The van der Waals surface area contributed by atoms with Crippen LogP contribution in [-0.2, 0) is 13.2 Å². The van der Waals surface area contributed by atoms with E-state index in [1.807, 2.05) is 7.05 Å². The van der Waals surface area contributed by atoms with Crippen LogP contribution in [0.2, 0.25) is 0 Å². The SMILES string of the molecule is CN1CCC(c2nc(C(F)(F)F)cn2C)CC1. The summed E-state index contributed by atoms with van der Waals surface area (Å²) in [7, 11) is 3.66. The highest BCUT2D eigenvalue weighted by Gasteiger charge is 2.35. The summed E-state index contributed by atoms with van der Waals surface area (Å²) in [6.45, 7) is 1.83. The summed E-state index contributed by atoms with van der Waals surface area (Å²) in [6, 6.07) is 0. The zero-order valence-electron chi connectivity index (χ0n) is 9.96. The standard InChI is InChI=1S/C11H16F3N3/c1-16-5-3-8(4-6-16)10-15-9(7-17(10)2)11(12,13)14/h7-8H,3-6H2,1-2H3. The summed E-state index contributed by atoms with van der Waals surface area (Å²) in [5.41, 5.74) is -0.783. The number of imidazole rings is 1. The van der Waals surface area contributed by atoms with E-state index in [-0.39, 0.29) is 5.92 Å². The molecule has 0 radical (unpaired) electrons. The summed E-state index contributed by atoms with van der Waals surface area (Å²) in [4.78, 5) is 5.93. The Morgan fingerprint density at radius 1 is 1.24 bits per heavy atom. The second-order valence-corrected chi connectivity index (χ2v) is 4.67. The van der Waals surface area contributed by atoms with Crippen molar-refractivity contribution >= 4 is 0 Å². The van der Waals surface area contributed by atoms with E-state index >= 15 is 0 Å². The minimum Gasteiger partial charge on any atom is -0.337 e. The van der Waals surface area contributed by atoms with Crippen LogP contribution in [0, 0.1) is 0 Å². The maximum atomic E-state index is 12.5. The first kappa shape index (κ1) is 12.4. The molecule has 6 heteroatoms. The summed E-state index contributed by atoms with van der Waals surface area (Å²) in [5, 5.41) is 0. The third-order valence-corrected chi connectivity index (χ3v) is 3.29. The van der Waals surface area contributed by atoms with E-state index in [9.17, 15) is 13.2 Å². The van der Waals surface area contributed by atoms with Crippen molar-refractivity contribution < 1.29 is 13.2 Å². The first-order valence-electron chi connectivity index (χ1n) is 5.67. The van der Waals surface area contributed by atoms with Gasteiger partial charge in [0.25, 0.3) is 0 Å². The number of aryl methyl sites for hydroxylation is 1. The number of alkyl halides is 3. The van der Waals surface area contributed by atoms with Gasteiger partial charge in [0.05, 0.1) is 0 Å². The van der Waals surface area contributed by atoms with Crippen molar-refractivity contribution in [3.05, 3.63) is 17.7 Å². The molecule has 0 aromatic carbocycles. The molecule has 0 atom stereocenters. The molecule has 0 aliphatic carbocycles. The van der Waals surface area contributed by atoms with Crippen LogP contribution >= 0.6 is 0 Å². The Bertz CT molecular complexity index is 389. The summed E-state index contributed by atoms with van der Waals surface area (Å²) in [5.74, 6) is 0.706. The molecular weight excluding hydrogens is 231 g/mol. The van der Waals surface area contributed by atoms with Crippen LogP contribution in [0.3, 0.4) is 0 Å². The number of hydrogen-bond donors (Lipinski definition) is 0. The Morgan fingerprint density at radius 2 is 1.82 bits per heavy atom. The molecule has 0 unspecified atom stereocenters. The van der Waals surface area contributed by atoms with Gasteiger partial charge in [-0.1, -0.05) is 0 Å². The van der Waals surface area contributed by atoms with Gasteiger partial charge in [-0.25, -0.2) is 4.98 Å². The van der Waals surface area contributed by atoms with Crippen LogP contribution in [0.4, 0.5) is 13.2 Å². The van der Waals surface area contributed by atoms with Crippen molar-refractivity contribution in [2.75, 3.05) is 20.1 Å². The molecule has 1 aliphatic rings. The largest absolute Gasteiger partial charge is 0.434 e. The Morgan fingerprint density at radius 3 is 2.29 bits per heavy atom. The fraction of sp³-hybridized carbons (Fsp3) is 0.727. The van der Waals surface area contributed by atoms with E-state index in [2.05, 4.69) is 9.88 Å². The fourth-order valence-electron chi connectivity index (χ4n) is 2.26. The maximum Gasteiger partial charge on any atom is 0.434 e. The van der Waals surface area contributed by atoms with E-state index in [0.717, 1.165) is 32.1 Å². The molecule has 2 rings (SSSR count). The second-order valence-electron chi connectivity index (χ2n) is 4.67. The number of nitrogens with zero attached hydrogens (tertiary/aromatic N) is 3. The molecular formula is C11H16F3N3. The smallest absolute Gasteiger partial charge is 0.337 e. The van der Waals surface area contributed by atoms with Crippen molar-refractivity contribution in [3.63, 3.8) is 0 Å². The fourth-order valence-corrected chi connectivity index (χ4v) is 2.26. The average molecular weight is 247 g/mol. The predicted molar refractivity (Wildman–Crippen MR) is 57.7 cm³/mol. The molecule has 1 aliphatic heterocycles. The zero-order valence-corrected chi connectivity index (χ0v) is 9.96. The Kier molecular flexibility index (Phi) is 3.16. The quantitative estimate of drug-likeness (QED) is 0.759. The zero-order chi connectivity index (χ0) is 12.6. The van der Waals surface area contributed by atoms with Gasteiger partial charge in [0.1, 0.15) is 5.82 Å². The lowest BCUT2D eigenvalue weighted by molar-refractivity contribution is -0.141. The van der Waals surface area contributed by atoms with E-state index in [0.29, 0.717) is 5.82 Å². The second kappa shape index (κ2) is 4.33. The van der Waals surface area contributed by atoms with Gasteiger partial charge in [-0.15, -0.1) is 0 Å². The Balaban J connectivity index is 2.19. The van der Waals surface area contributed by atoms with Crippen molar-refractivity contribution in [1.29, 1.82) is 0 Å². The molecule has 0 amide bonds. The molecule has 0 N–H and O–H groups in total. The lowest BCUT2D eigenvalue weighted by Gasteiger charge is -2.28. The van der Waals surface area contributed by atoms with E-state index in [1.165, 1.54) is 4.57 Å². The van der Waals surface area contributed by atoms with Crippen LogP contribution in [-0.4, -0.2) is 34.6 Å². The van der Waals surface area contributed by atoms with Crippen LogP contribution in [0.1, 0.15) is 30.3 Å². The molecule has 1 saturated heterocycles. The monoisotopic (exact) mass is 247 g/mol. The highest BCUT2D eigenvalue weighted by molar-refractivity contribution is 5.11. The van der Waals surface area contributed by atoms with Gasteiger partial charge in [0, 0.05) is 19.2 Å². The topological polar surface area (TPSA) is 21.1 Å². The highest BCUT2D eigenvalue weighted by atomic mass is 19.4. The Labute approximate surface area is 98.2 Å². The number of aromatic nitrogens is 2. The normalized spacial score (nSPS) is 19.8. The highest BCUT2D eigenvalue weighted by Crippen LogP contribution is 2.32. The molecule has 3 nitrogen and oxygen atoms in total. The van der Waals surface area contributed by atoms with E-state index in [1.54, 1.807) is 7.05 Å². The van der Waals surface area contributed by atoms with E-state index in [4.69, 9.17) is 0 Å². The van der Waals surface area contributed by atoms with Crippen LogP contribution in [0.5, 0.6) is 0 Å². The van der Waals surface area contributed by atoms with Crippen LogP contribution in [0.25, 0.3) is 0 Å². The van der Waals surface area contributed by atoms with Gasteiger partial charge in [0.15, 0.2) is 5.69 Å². The lowest BCUT2D eigenvalue weighted by Crippen LogP contribution is -2.30. The van der Waals surface area contributed by atoms with Gasteiger partial charge < -0.3 is 9.47 Å². The maximum absolute atomic E-state index is 12.5. The first-order chi connectivity index (χ1) is 7.88.